The predicted octanol–water partition coefficient (Wildman–Crippen LogP) is 4.30. The van der Waals surface area contributed by atoms with Crippen LogP contribution in [0.1, 0.15) is 11.1 Å². The fourth-order valence-electron chi connectivity index (χ4n) is 2.50. The number of hydrogen-bond acceptors (Lipinski definition) is 5. The normalized spacial score (nSPS) is 11.0. The van der Waals surface area contributed by atoms with Gasteiger partial charge in [-0.05, 0) is 23.1 Å². The Hall–Kier alpha value is -3.43. The molecule has 0 saturated heterocycles. The number of carbonyl (C=O) groups is 1. The molecular formula is C21H17N3O2S. The molecule has 6 heteroatoms. The van der Waals surface area contributed by atoms with Gasteiger partial charge in [0, 0.05) is 11.8 Å². The largest absolute Gasteiger partial charge is 0.457 e. The molecule has 0 amide bonds. The molecule has 0 fully saturated rings. The Bertz CT molecular complexity index is 996. The molecular weight excluding hydrogens is 358 g/mol. The molecule has 27 heavy (non-hydrogen) atoms. The highest BCUT2D eigenvalue weighted by molar-refractivity contribution is 7.13. The van der Waals surface area contributed by atoms with Crippen LogP contribution in [-0.2, 0) is 16.1 Å². The van der Waals surface area contributed by atoms with Gasteiger partial charge in [-0.3, -0.25) is 4.68 Å². The van der Waals surface area contributed by atoms with Crippen molar-refractivity contribution in [3.05, 3.63) is 83.4 Å². The zero-order chi connectivity index (χ0) is 19.1. The molecule has 0 aliphatic rings. The summed E-state index contributed by atoms with van der Waals surface area (Å²) in [6.07, 6.45) is 4.82. The van der Waals surface area contributed by atoms with Gasteiger partial charge in [0.2, 0.25) is 0 Å². The molecule has 0 unspecified atom stereocenters. The zero-order valence-corrected chi connectivity index (χ0v) is 15.4. The number of nitriles is 1. The van der Waals surface area contributed by atoms with Gasteiger partial charge in [0.05, 0.1) is 11.4 Å². The first-order chi connectivity index (χ1) is 13.2. The van der Waals surface area contributed by atoms with Crippen LogP contribution in [0.25, 0.3) is 16.6 Å². The summed E-state index contributed by atoms with van der Waals surface area (Å²) in [5, 5.41) is 16.0. The topological polar surface area (TPSA) is 67.9 Å². The number of carbonyl (C=O) groups excluding carboxylic acids is 1. The van der Waals surface area contributed by atoms with E-state index in [0.29, 0.717) is 12.1 Å². The molecule has 3 aromatic rings. The molecule has 0 aliphatic heterocycles. The number of benzene rings is 1. The fraction of sp³-hybridized carbons (Fsp3) is 0.0952. The van der Waals surface area contributed by atoms with E-state index in [4.69, 9.17) is 4.74 Å². The minimum absolute atomic E-state index is 0.0584. The van der Waals surface area contributed by atoms with Crippen molar-refractivity contribution >= 4 is 23.4 Å². The first-order valence-corrected chi connectivity index (χ1v) is 9.14. The first kappa shape index (κ1) is 18.4. The van der Waals surface area contributed by atoms with Gasteiger partial charge in [-0.25, -0.2) is 4.79 Å². The first-order valence-electron chi connectivity index (χ1n) is 8.26. The monoisotopic (exact) mass is 375 g/mol. The van der Waals surface area contributed by atoms with Crippen molar-refractivity contribution in [2.75, 3.05) is 6.61 Å². The van der Waals surface area contributed by atoms with Crippen molar-refractivity contribution in [1.29, 1.82) is 5.26 Å². The van der Waals surface area contributed by atoms with E-state index in [2.05, 4.69) is 11.7 Å². The number of thiophene rings is 1. The van der Waals surface area contributed by atoms with Gasteiger partial charge in [0.15, 0.2) is 0 Å². The van der Waals surface area contributed by atoms with Crippen molar-refractivity contribution < 1.29 is 9.53 Å². The van der Waals surface area contributed by atoms with Crippen molar-refractivity contribution in [2.45, 2.75) is 6.54 Å². The van der Waals surface area contributed by atoms with Crippen LogP contribution < -0.4 is 0 Å². The molecule has 0 saturated carbocycles. The van der Waals surface area contributed by atoms with Gasteiger partial charge in [0.1, 0.15) is 23.9 Å². The Morgan fingerprint density at radius 3 is 2.78 bits per heavy atom. The van der Waals surface area contributed by atoms with Gasteiger partial charge in [-0.2, -0.15) is 10.4 Å². The second kappa shape index (κ2) is 8.79. The molecule has 0 N–H and O–H groups in total. The quantitative estimate of drug-likeness (QED) is 0.267. The number of rotatable bonds is 7. The van der Waals surface area contributed by atoms with Crippen LogP contribution in [0.15, 0.2) is 72.3 Å². The zero-order valence-electron chi connectivity index (χ0n) is 14.5. The second-order valence-corrected chi connectivity index (χ2v) is 6.60. The summed E-state index contributed by atoms with van der Waals surface area (Å²) in [5.41, 5.74) is 2.46. The molecule has 3 rings (SSSR count). The van der Waals surface area contributed by atoms with Crippen LogP contribution in [0.2, 0.25) is 0 Å². The Labute approximate surface area is 161 Å². The molecule has 0 aliphatic carbocycles. The van der Waals surface area contributed by atoms with E-state index in [1.54, 1.807) is 16.0 Å². The minimum atomic E-state index is -0.676. The molecule has 2 heterocycles. The molecule has 0 spiro atoms. The van der Waals surface area contributed by atoms with Crippen molar-refractivity contribution in [3.63, 3.8) is 0 Å². The molecule has 0 atom stereocenters. The summed E-state index contributed by atoms with van der Waals surface area (Å²) in [4.78, 5) is 13.0. The maximum atomic E-state index is 12.0. The van der Waals surface area contributed by atoms with E-state index in [-0.39, 0.29) is 12.2 Å². The fourth-order valence-corrected chi connectivity index (χ4v) is 3.23. The van der Waals surface area contributed by atoms with Crippen LogP contribution in [0.5, 0.6) is 0 Å². The SMILES string of the molecule is C=CCOC(=O)C(C#N)=Cc1cn(Cc2ccccc2)nc1-c1cccs1. The highest BCUT2D eigenvalue weighted by Crippen LogP contribution is 2.28. The summed E-state index contributed by atoms with van der Waals surface area (Å²) >= 11 is 1.55. The summed E-state index contributed by atoms with van der Waals surface area (Å²) in [6, 6.07) is 15.8. The van der Waals surface area contributed by atoms with E-state index >= 15 is 0 Å². The van der Waals surface area contributed by atoms with Crippen LogP contribution in [-0.4, -0.2) is 22.4 Å². The van der Waals surface area contributed by atoms with Gasteiger partial charge in [-0.15, -0.1) is 11.3 Å². The van der Waals surface area contributed by atoms with Crippen LogP contribution >= 0.6 is 11.3 Å². The molecule has 5 nitrogen and oxygen atoms in total. The molecule has 1 aromatic carbocycles. The molecule has 0 bridgehead atoms. The molecule has 2 aromatic heterocycles. The standard InChI is InChI=1S/C21H17N3O2S/c1-2-10-26-21(25)17(13-22)12-18-15-24(14-16-7-4-3-5-8-16)23-20(18)19-9-6-11-27-19/h2-9,11-12,15H,1,10,14H2. The minimum Gasteiger partial charge on any atom is -0.457 e. The van der Waals surface area contributed by atoms with E-state index < -0.39 is 5.97 Å². The van der Waals surface area contributed by atoms with Gasteiger partial charge in [0.25, 0.3) is 0 Å². The lowest BCUT2D eigenvalue weighted by molar-refractivity contribution is -0.137. The third-order valence-corrected chi connectivity index (χ3v) is 4.58. The highest BCUT2D eigenvalue weighted by atomic mass is 32.1. The summed E-state index contributed by atoms with van der Waals surface area (Å²) in [5.74, 6) is -0.676. The molecule has 0 radical (unpaired) electrons. The molecule has 134 valence electrons. The van der Waals surface area contributed by atoms with Gasteiger partial charge >= 0.3 is 5.97 Å². The van der Waals surface area contributed by atoms with Crippen molar-refractivity contribution in [1.82, 2.24) is 9.78 Å². The van der Waals surface area contributed by atoms with Gasteiger partial charge < -0.3 is 4.74 Å². The number of esters is 1. The summed E-state index contributed by atoms with van der Waals surface area (Å²) < 4.78 is 6.78. The van der Waals surface area contributed by atoms with Crippen molar-refractivity contribution in [3.8, 4) is 16.6 Å². The maximum absolute atomic E-state index is 12.0. The Morgan fingerprint density at radius 2 is 2.11 bits per heavy atom. The lowest BCUT2D eigenvalue weighted by Crippen LogP contribution is -2.06. The third-order valence-electron chi connectivity index (χ3n) is 3.70. The van der Waals surface area contributed by atoms with E-state index in [1.165, 1.54) is 12.2 Å². The average Bonchev–Trinajstić information content (AvgIpc) is 3.34. The van der Waals surface area contributed by atoms with Gasteiger partial charge in [-0.1, -0.05) is 49.1 Å². The maximum Gasteiger partial charge on any atom is 0.349 e. The Morgan fingerprint density at radius 1 is 1.30 bits per heavy atom. The number of ether oxygens (including phenoxy) is 1. The van der Waals surface area contributed by atoms with Crippen LogP contribution in [0, 0.1) is 11.3 Å². The van der Waals surface area contributed by atoms with Crippen LogP contribution in [0.3, 0.4) is 0 Å². The van der Waals surface area contributed by atoms with E-state index in [1.807, 2.05) is 60.1 Å². The van der Waals surface area contributed by atoms with Crippen LogP contribution in [0.4, 0.5) is 0 Å². The second-order valence-electron chi connectivity index (χ2n) is 5.65. The van der Waals surface area contributed by atoms with E-state index in [0.717, 1.165) is 16.1 Å². The summed E-state index contributed by atoms with van der Waals surface area (Å²) in [7, 11) is 0. The highest BCUT2D eigenvalue weighted by Gasteiger charge is 2.15. The van der Waals surface area contributed by atoms with E-state index in [9.17, 15) is 10.1 Å². The number of nitrogens with zero attached hydrogens (tertiary/aromatic N) is 3. The predicted molar refractivity (Wildman–Crippen MR) is 106 cm³/mol. The average molecular weight is 375 g/mol. The smallest absolute Gasteiger partial charge is 0.349 e. The Kier molecular flexibility index (Phi) is 5.98. The number of aromatic nitrogens is 2. The third kappa shape index (κ3) is 4.60. The number of hydrogen-bond donors (Lipinski definition) is 0. The summed E-state index contributed by atoms with van der Waals surface area (Å²) in [6.45, 7) is 4.15. The lowest BCUT2D eigenvalue weighted by atomic mass is 10.1. The van der Waals surface area contributed by atoms with Crippen molar-refractivity contribution in [2.24, 2.45) is 0 Å². The Balaban J connectivity index is 1.97. The lowest BCUT2D eigenvalue weighted by Gasteiger charge is -2.00.